The highest BCUT2D eigenvalue weighted by Crippen LogP contribution is 2.40. The molecule has 0 aliphatic carbocycles. The van der Waals surface area contributed by atoms with Gasteiger partial charge in [0.05, 0.1) is 0 Å². The minimum atomic E-state index is -1.82. The van der Waals surface area contributed by atoms with Gasteiger partial charge < -0.3 is 17.2 Å². The van der Waals surface area contributed by atoms with Gasteiger partial charge in [0.15, 0.2) is 0 Å². The molecule has 9 bridgehead atoms. The van der Waals surface area contributed by atoms with Crippen LogP contribution >= 0.6 is 16.0 Å². The molecule has 0 fully saturated rings. The van der Waals surface area contributed by atoms with Crippen molar-refractivity contribution < 1.29 is 0 Å². The molecule has 29 heteroatoms. The fourth-order valence-corrected chi connectivity index (χ4v) is 6.69. The molecule has 216 valence electrons. The Balaban J connectivity index is 1.19. The summed E-state index contributed by atoms with van der Waals surface area (Å²) in [5.74, 6) is 1.02. The number of guanidine groups is 16. The van der Waals surface area contributed by atoms with E-state index in [2.05, 4.69) is 105 Å². The van der Waals surface area contributed by atoms with E-state index in [0.717, 1.165) is 0 Å². The van der Waals surface area contributed by atoms with E-state index < -0.39 is 16.0 Å². The van der Waals surface area contributed by atoms with Crippen molar-refractivity contribution in [3.05, 3.63) is 0 Å². The van der Waals surface area contributed by atoms with E-state index in [1.807, 2.05) is 0 Å². The first-order valence-electron chi connectivity index (χ1n) is 12.3. The van der Waals surface area contributed by atoms with Crippen molar-refractivity contribution in [2.45, 2.75) is 0 Å². The van der Waals surface area contributed by atoms with Crippen molar-refractivity contribution in [1.29, 1.82) is 0 Å². The number of rotatable bonds is 0. The third kappa shape index (κ3) is 3.58. The third-order valence-corrected chi connectivity index (χ3v) is 8.67. The van der Waals surface area contributed by atoms with Gasteiger partial charge in [-0.05, 0) is 4.67 Å². The Labute approximate surface area is 247 Å². The Kier molecular flexibility index (Phi) is 4.28. The molecule has 10 rings (SSSR count). The summed E-state index contributed by atoms with van der Waals surface area (Å²) in [5.41, 5.74) is 18.0. The zero-order valence-corrected chi connectivity index (χ0v) is 23.3. The molecule has 45 heavy (non-hydrogen) atoms. The maximum atomic E-state index is 5.99. The minimum absolute atomic E-state index is 0.0263. The number of aliphatic imine (C=N–C) groups is 14. The van der Waals surface area contributed by atoms with Gasteiger partial charge >= 0.3 is 16.0 Å². The van der Waals surface area contributed by atoms with E-state index in [0.29, 0.717) is 0 Å². The van der Waals surface area contributed by atoms with Gasteiger partial charge in [0.25, 0.3) is 41.7 Å². The second-order valence-corrected chi connectivity index (χ2v) is 11.5. The van der Waals surface area contributed by atoms with E-state index in [9.17, 15) is 0 Å². The number of nitrogens with zero attached hydrogens (tertiary/aromatic N) is 21. The maximum absolute atomic E-state index is 5.99. The van der Waals surface area contributed by atoms with Gasteiger partial charge in [0, 0.05) is 19.0 Å². The van der Waals surface area contributed by atoms with Crippen LogP contribution in [-0.4, -0.2) is 110 Å². The highest BCUT2D eigenvalue weighted by Gasteiger charge is 2.47. The van der Waals surface area contributed by atoms with Crippen LogP contribution in [0.3, 0.4) is 0 Å². The monoisotopic (exact) mass is 641 g/mol. The van der Waals surface area contributed by atoms with Gasteiger partial charge in [-0.1, -0.05) is 0 Å². The lowest BCUT2D eigenvalue weighted by molar-refractivity contribution is 0.819. The van der Waals surface area contributed by atoms with E-state index >= 15 is 0 Å². The van der Waals surface area contributed by atoms with Crippen molar-refractivity contribution in [3.63, 3.8) is 0 Å². The molecule has 0 saturated carbocycles. The van der Waals surface area contributed by atoms with E-state index in [1.54, 1.807) is 0 Å². The second kappa shape index (κ2) is 8.14. The summed E-state index contributed by atoms with van der Waals surface area (Å²) in [6.45, 7) is 0. The summed E-state index contributed by atoms with van der Waals surface area (Å²) >= 11 is 0. The van der Waals surface area contributed by atoms with Crippen molar-refractivity contribution in [1.82, 2.24) is 30.2 Å². The molecule has 10 heterocycles. The predicted octanol–water partition coefficient (Wildman–Crippen LogP) is -3.64. The van der Waals surface area contributed by atoms with Gasteiger partial charge in [-0.3, -0.25) is 10.6 Å². The van der Waals surface area contributed by atoms with E-state index in [-0.39, 0.29) is 95.4 Å². The van der Waals surface area contributed by atoms with Crippen molar-refractivity contribution in [2.75, 3.05) is 0 Å². The van der Waals surface area contributed by atoms with Gasteiger partial charge in [-0.25, -0.2) is 9.80 Å². The normalized spacial score (nSPS) is 26.0. The summed E-state index contributed by atoms with van der Waals surface area (Å²) in [7, 11) is -3.62. The van der Waals surface area contributed by atoms with Gasteiger partial charge in [0.2, 0.25) is 53.6 Å². The summed E-state index contributed by atoms with van der Waals surface area (Å²) in [6, 6.07) is 0. The third-order valence-electron chi connectivity index (χ3n) is 6.08. The summed E-state index contributed by atoms with van der Waals surface area (Å²) in [5, 5.41) is 9.01. The molecule has 0 amide bonds. The lowest BCUT2D eigenvalue weighted by atomic mass is 10.5. The molecule has 2 unspecified atom stereocenters. The zero-order chi connectivity index (χ0) is 30.0. The zero-order valence-electron chi connectivity index (χ0n) is 21.5. The van der Waals surface area contributed by atoms with Gasteiger partial charge in [-0.15, -0.1) is 5.09 Å². The van der Waals surface area contributed by atoms with Crippen molar-refractivity contribution in [3.8, 4) is 0 Å². The Morgan fingerprint density at radius 1 is 0.422 bits per heavy atom. The van der Waals surface area contributed by atoms with Gasteiger partial charge in [-0.2, -0.15) is 69.9 Å². The Bertz CT molecular complexity index is 2040. The molecule has 0 spiro atoms. The molecule has 2 atom stereocenters. The van der Waals surface area contributed by atoms with Crippen LogP contribution in [0.15, 0.2) is 88.9 Å². The Morgan fingerprint density at radius 3 is 1.73 bits per heavy atom. The van der Waals surface area contributed by atoms with Crippen LogP contribution in [0.4, 0.5) is 0 Å². The van der Waals surface area contributed by atoms with Gasteiger partial charge in [0.1, 0.15) is 0 Å². The first-order chi connectivity index (χ1) is 21.9. The lowest BCUT2D eigenvalue weighted by Gasteiger charge is -2.29. The predicted molar refractivity (Wildman–Crippen MR) is 165 cm³/mol. The van der Waals surface area contributed by atoms with Crippen LogP contribution in [0.5, 0.6) is 0 Å². The lowest BCUT2D eigenvalue weighted by Crippen LogP contribution is -2.51. The second-order valence-electron chi connectivity index (χ2n) is 8.96. The molecule has 0 saturated heterocycles. The average molecular weight is 641 g/mol. The number of nitrogens with two attached hydrogens (primary N) is 3. The summed E-state index contributed by atoms with van der Waals surface area (Å²) in [4.78, 5) is 64.0. The molecule has 0 aromatic heterocycles. The molecule has 10 aliphatic heterocycles. The van der Waals surface area contributed by atoms with Crippen molar-refractivity contribution >= 4 is 111 Å². The van der Waals surface area contributed by atoms with Crippen molar-refractivity contribution in [2.24, 2.45) is 106 Å². The molecule has 0 aromatic rings. The molecular formula is C16H9N27P2+2. The van der Waals surface area contributed by atoms with Crippen LogP contribution in [0.25, 0.3) is 0 Å². The fourth-order valence-electron chi connectivity index (χ4n) is 4.41. The fraction of sp³-hybridized carbons (Fsp3) is 0. The first kappa shape index (κ1) is 23.7. The van der Waals surface area contributed by atoms with E-state index in [1.165, 1.54) is 14.5 Å². The first-order valence-corrected chi connectivity index (χ1v) is 14.7. The van der Waals surface area contributed by atoms with Crippen LogP contribution in [-0.2, 0) is 0 Å². The molecule has 9 N–H and O–H groups in total. The molecule has 10 aliphatic rings. The number of hydrogen-bond donors (Lipinski definition) is 6. The summed E-state index contributed by atoms with van der Waals surface area (Å²) in [6.07, 6.45) is 0. The minimum Gasteiger partial charge on any atom is -0.368 e. The smallest absolute Gasteiger partial charge is 0.368 e. The summed E-state index contributed by atoms with van der Waals surface area (Å²) < 4.78 is 20.0. The molecule has 27 nitrogen and oxygen atoms in total. The van der Waals surface area contributed by atoms with E-state index in [4.69, 9.17) is 17.2 Å². The molecule has 0 aromatic carbocycles. The quantitative estimate of drug-likeness (QED) is 0.142. The van der Waals surface area contributed by atoms with Crippen LogP contribution in [0.2, 0.25) is 0 Å². The SMILES string of the molecule is NC1=NC2=NC3=NC4=NC(=NC(=N1)N24)N[P+]1=NC2=NC(N)=NC4=NC(=NC(=N1)N24)NC1=NC2=NC(N)=NC4=NC(=N[P+](=N1)N24)N3. The highest BCUT2D eigenvalue weighted by molar-refractivity contribution is 7.46. The molecular weight excluding hydrogens is 632 g/mol. The van der Waals surface area contributed by atoms with Crippen LogP contribution in [0, 0.1) is 0 Å². The average Bonchev–Trinajstić information content (AvgIpc) is 2.95. The van der Waals surface area contributed by atoms with Crippen LogP contribution < -0.4 is 32.9 Å². The Hall–Kier alpha value is -6.88. The maximum Gasteiger partial charge on any atom is 0.505 e. The highest BCUT2D eigenvalue weighted by atomic mass is 31.1. The number of fused-ring (bicyclic) bond motifs is 3. The Morgan fingerprint density at radius 2 is 0.933 bits per heavy atom. The molecule has 0 radical (unpaired) electrons. The standard InChI is InChI=1S/C16H9N27P2/c17-1-20-9-28-4-26-6-34-13-23-3(19)24-14-35-7(38-45(37-6)43(13)14)27-5-29-10-22-2(18)25-15-39-44(40-16(31-5)42(10)15)36-8-32-11(21-1)41(9)12(30-4)33-8/h(H9,17,18,19,20,21,22,23,24,25,26,27,28,29,30,31,32,33,34,35,36,37,38,39,40)/q+2. The number of hydrogen-bond acceptors (Lipinski definition) is 27. The topological polar surface area (TPSA) is 346 Å². The number of nitrogens with one attached hydrogen (secondary N) is 3. The van der Waals surface area contributed by atoms with Crippen LogP contribution in [0.1, 0.15) is 0 Å². The largest absolute Gasteiger partial charge is 0.505 e.